The van der Waals surface area contributed by atoms with Gasteiger partial charge >= 0.3 is 0 Å². The fraction of sp³-hybridized carbons (Fsp3) is 0.750. The van der Waals surface area contributed by atoms with Crippen LogP contribution in [-0.4, -0.2) is 0 Å². The molecule has 3 fully saturated rings. The molecule has 132 valence electrons. The van der Waals surface area contributed by atoms with Crippen molar-refractivity contribution in [1.82, 2.24) is 0 Å². The summed E-state index contributed by atoms with van der Waals surface area (Å²) in [4.78, 5) is 0. The van der Waals surface area contributed by atoms with Crippen LogP contribution in [0.4, 0.5) is 0 Å². The van der Waals surface area contributed by atoms with Crippen LogP contribution in [0.1, 0.15) is 88.2 Å². The number of benzene rings is 1. The summed E-state index contributed by atoms with van der Waals surface area (Å²) in [6, 6.07) is 9.41. The van der Waals surface area contributed by atoms with Crippen molar-refractivity contribution < 1.29 is 0 Å². The van der Waals surface area contributed by atoms with Crippen LogP contribution in [0.3, 0.4) is 0 Å². The molecule has 0 amide bonds. The van der Waals surface area contributed by atoms with E-state index in [2.05, 4.69) is 38.1 Å². The van der Waals surface area contributed by atoms with E-state index in [-0.39, 0.29) is 0 Å². The normalized spacial score (nSPS) is 40.1. The average molecular weight is 325 g/mol. The Kier molecular flexibility index (Phi) is 5.02. The van der Waals surface area contributed by atoms with Gasteiger partial charge in [-0.2, -0.15) is 0 Å². The van der Waals surface area contributed by atoms with E-state index in [1.165, 1.54) is 56.9 Å². The molecule has 0 heterocycles. The molecule has 1 aromatic carbocycles. The van der Waals surface area contributed by atoms with Crippen molar-refractivity contribution in [3.8, 4) is 0 Å². The fourth-order valence-corrected chi connectivity index (χ4v) is 6.25. The summed E-state index contributed by atoms with van der Waals surface area (Å²) in [5.41, 5.74) is 3.01. The van der Waals surface area contributed by atoms with Gasteiger partial charge in [0.25, 0.3) is 0 Å². The molecular formula is C24H36. The maximum absolute atomic E-state index is 2.46. The molecule has 3 aliphatic carbocycles. The number of rotatable bonds is 2. The van der Waals surface area contributed by atoms with Crippen LogP contribution in [0.15, 0.2) is 24.3 Å². The molecule has 4 unspecified atom stereocenters. The predicted octanol–water partition coefficient (Wildman–Crippen LogP) is 7.12. The Labute approximate surface area is 149 Å². The van der Waals surface area contributed by atoms with Crippen molar-refractivity contribution in [3.05, 3.63) is 35.4 Å². The van der Waals surface area contributed by atoms with Gasteiger partial charge in [-0.1, -0.05) is 49.6 Å². The van der Waals surface area contributed by atoms with E-state index in [1.807, 2.05) is 0 Å². The third kappa shape index (κ3) is 3.58. The molecule has 0 bridgehead atoms. The van der Waals surface area contributed by atoms with Crippen LogP contribution >= 0.6 is 0 Å². The van der Waals surface area contributed by atoms with Crippen LogP contribution < -0.4 is 0 Å². The van der Waals surface area contributed by atoms with Gasteiger partial charge in [0.1, 0.15) is 0 Å². The van der Waals surface area contributed by atoms with Gasteiger partial charge in [-0.05, 0) is 99.4 Å². The summed E-state index contributed by atoms with van der Waals surface area (Å²) < 4.78 is 0. The maximum Gasteiger partial charge on any atom is -0.0159 e. The van der Waals surface area contributed by atoms with Crippen molar-refractivity contribution in [1.29, 1.82) is 0 Å². The third-order valence-electron chi connectivity index (χ3n) is 7.93. The van der Waals surface area contributed by atoms with Crippen LogP contribution in [0.25, 0.3) is 0 Å². The second-order valence-corrected chi connectivity index (χ2v) is 9.53. The Morgan fingerprint density at radius 2 is 1.17 bits per heavy atom. The smallest absolute Gasteiger partial charge is 0.0159 e. The largest absolute Gasteiger partial charge is 0.0625 e. The topological polar surface area (TPSA) is 0 Å². The van der Waals surface area contributed by atoms with Gasteiger partial charge in [-0.25, -0.2) is 0 Å². The van der Waals surface area contributed by atoms with Crippen LogP contribution in [0.5, 0.6) is 0 Å². The number of hydrogen-bond acceptors (Lipinski definition) is 0. The minimum atomic E-state index is 0.846. The summed E-state index contributed by atoms with van der Waals surface area (Å²) in [6.45, 7) is 4.66. The molecule has 24 heavy (non-hydrogen) atoms. The Morgan fingerprint density at radius 1 is 0.625 bits per heavy atom. The summed E-state index contributed by atoms with van der Waals surface area (Å²) in [5.74, 6) is 6.10. The summed E-state index contributed by atoms with van der Waals surface area (Å²) in [7, 11) is 0. The van der Waals surface area contributed by atoms with E-state index < -0.39 is 0 Å². The van der Waals surface area contributed by atoms with Crippen LogP contribution in [0.2, 0.25) is 0 Å². The zero-order valence-corrected chi connectivity index (χ0v) is 15.8. The second-order valence-electron chi connectivity index (χ2n) is 9.53. The zero-order valence-electron chi connectivity index (χ0n) is 15.8. The van der Waals surface area contributed by atoms with Gasteiger partial charge in [-0.3, -0.25) is 0 Å². The molecule has 0 N–H and O–H groups in total. The Hall–Kier alpha value is -0.780. The average Bonchev–Trinajstić information content (AvgIpc) is 2.62. The minimum absolute atomic E-state index is 0.846. The van der Waals surface area contributed by atoms with Gasteiger partial charge in [0.05, 0.1) is 0 Å². The minimum Gasteiger partial charge on any atom is -0.0625 e. The fourth-order valence-electron chi connectivity index (χ4n) is 6.25. The summed E-state index contributed by atoms with van der Waals surface area (Å²) in [6.07, 6.45) is 15.2. The predicted molar refractivity (Wildman–Crippen MR) is 103 cm³/mol. The van der Waals surface area contributed by atoms with Gasteiger partial charge in [0.15, 0.2) is 0 Å². The Morgan fingerprint density at radius 3 is 1.88 bits per heavy atom. The first kappa shape index (κ1) is 16.7. The molecule has 0 nitrogen and oxygen atoms in total. The zero-order chi connectivity index (χ0) is 16.5. The van der Waals surface area contributed by atoms with Crippen molar-refractivity contribution in [3.63, 3.8) is 0 Å². The SMILES string of the molecule is Cc1ccc(C2CCC3CC(C4CCC(C)CC4)CCC3C2)cc1. The highest BCUT2D eigenvalue weighted by Gasteiger charge is 2.38. The van der Waals surface area contributed by atoms with E-state index in [9.17, 15) is 0 Å². The molecule has 4 rings (SSSR count). The summed E-state index contributed by atoms with van der Waals surface area (Å²) >= 11 is 0. The first-order chi connectivity index (χ1) is 11.7. The molecular weight excluding hydrogens is 288 g/mol. The van der Waals surface area contributed by atoms with E-state index in [4.69, 9.17) is 0 Å². The first-order valence-electron chi connectivity index (χ1n) is 10.8. The van der Waals surface area contributed by atoms with Crippen LogP contribution in [0, 0.1) is 36.5 Å². The molecule has 1 aromatic rings. The van der Waals surface area contributed by atoms with Gasteiger partial charge < -0.3 is 0 Å². The first-order valence-corrected chi connectivity index (χ1v) is 10.8. The standard InChI is InChI=1S/C24H36/c1-17-3-7-19(8-4-17)21-11-13-24-16-22(12-14-23(24)15-21)20-9-5-18(2)6-10-20/h3-4,7-8,18,20-24H,5-6,9-16H2,1-2H3. The Bertz CT molecular complexity index is 519. The molecule has 3 aliphatic rings. The molecule has 4 atom stereocenters. The van der Waals surface area contributed by atoms with Crippen LogP contribution in [-0.2, 0) is 0 Å². The monoisotopic (exact) mass is 324 g/mol. The second kappa shape index (κ2) is 7.22. The lowest BCUT2D eigenvalue weighted by atomic mass is 9.60. The molecule has 0 saturated heterocycles. The van der Waals surface area contributed by atoms with E-state index in [0.717, 1.165) is 35.5 Å². The molecule has 0 aromatic heterocycles. The summed E-state index contributed by atoms with van der Waals surface area (Å²) in [5, 5.41) is 0. The third-order valence-corrected chi connectivity index (χ3v) is 7.93. The van der Waals surface area contributed by atoms with Crippen molar-refractivity contribution in [2.45, 2.75) is 84.0 Å². The van der Waals surface area contributed by atoms with Crippen molar-refractivity contribution >= 4 is 0 Å². The Balaban J connectivity index is 1.34. The highest BCUT2D eigenvalue weighted by atomic mass is 14.4. The number of aryl methyl sites for hydroxylation is 1. The lowest BCUT2D eigenvalue weighted by Crippen LogP contribution is -2.34. The van der Waals surface area contributed by atoms with Gasteiger partial charge in [0.2, 0.25) is 0 Å². The maximum atomic E-state index is 2.46. The molecule has 0 heteroatoms. The highest BCUT2D eigenvalue weighted by Crippen LogP contribution is 2.50. The molecule has 3 saturated carbocycles. The van der Waals surface area contributed by atoms with E-state index in [0.29, 0.717) is 0 Å². The van der Waals surface area contributed by atoms with Crippen molar-refractivity contribution in [2.75, 3.05) is 0 Å². The number of hydrogen-bond donors (Lipinski definition) is 0. The van der Waals surface area contributed by atoms with E-state index >= 15 is 0 Å². The quantitative estimate of drug-likeness (QED) is 0.543. The highest BCUT2D eigenvalue weighted by molar-refractivity contribution is 5.25. The van der Waals surface area contributed by atoms with Crippen molar-refractivity contribution in [2.24, 2.45) is 29.6 Å². The van der Waals surface area contributed by atoms with E-state index in [1.54, 1.807) is 18.4 Å². The molecule has 0 spiro atoms. The molecule has 0 aliphatic heterocycles. The lowest BCUT2D eigenvalue weighted by Gasteiger charge is -2.45. The lowest BCUT2D eigenvalue weighted by molar-refractivity contribution is 0.0732. The van der Waals surface area contributed by atoms with Gasteiger partial charge in [-0.15, -0.1) is 0 Å². The number of fused-ring (bicyclic) bond motifs is 1. The molecule has 0 radical (unpaired) electrons. The van der Waals surface area contributed by atoms with Gasteiger partial charge in [0, 0.05) is 0 Å².